The quantitative estimate of drug-likeness (QED) is 0.369. The van der Waals surface area contributed by atoms with Crippen LogP contribution in [0.15, 0.2) is 23.8 Å². The highest BCUT2D eigenvalue weighted by Crippen LogP contribution is 1.90. The summed E-state index contributed by atoms with van der Waals surface area (Å²) in [5.41, 5.74) is 1.40. The summed E-state index contributed by atoms with van der Waals surface area (Å²) in [7, 11) is 0. The third kappa shape index (κ3) is 5.68. The van der Waals surface area contributed by atoms with Crippen LogP contribution in [0.1, 0.15) is 13.8 Å². The average Bonchev–Trinajstić information content (AvgIpc) is 1.97. The number of nitrogens with one attached hydrogen (secondary N) is 1. The van der Waals surface area contributed by atoms with Gasteiger partial charge in [-0.1, -0.05) is 18.2 Å². The Hall–Kier alpha value is -1.09. The Bertz CT molecular complexity index is 207. The topological polar surface area (TPSA) is 49.3 Å². The Morgan fingerprint density at radius 2 is 2.17 bits per heavy atom. The molecule has 0 fully saturated rings. The van der Waals surface area contributed by atoms with E-state index in [2.05, 4.69) is 11.9 Å². The Morgan fingerprint density at radius 3 is 2.58 bits per heavy atom. The lowest BCUT2D eigenvalue weighted by Crippen LogP contribution is -2.16. The molecule has 0 bridgehead atoms. The molecule has 0 aromatic carbocycles. The number of hydrogen-bond acceptors (Lipinski definition) is 2. The van der Waals surface area contributed by atoms with E-state index in [9.17, 15) is 4.79 Å². The third-order valence-corrected chi connectivity index (χ3v) is 1.32. The van der Waals surface area contributed by atoms with E-state index in [-0.39, 0.29) is 0 Å². The van der Waals surface area contributed by atoms with Crippen LogP contribution in [-0.4, -0.2) is 24.2 Å². The summed E-state index contributed by atoms with van der Waals surface area (Å²) in [5, 5.41) is 11.5. The van der Waals surface area contributed by atoms with E-state index < -0.39 is 5.97 Å². The van der Waals surface area contributed by atoms with Crippen molar-refractivity contribution in [3.8, 4) is 0 Å². The molecule has 0 aromatic heterocycles. The van der Waals surface area contributed by atoms with Gasteiger partial charge < -0.3 is 10.4 Å². The molecule has 0 rings (SSSR count). The number of carboxylic acids is 1. The monoisotopic (exact) mass is 169 g/mol. The van der Waals surface area contributed by atoms with Crippen molar-refractivity contribution < 1.29 is 9.90 Å². The van der Waals surface area contributed by atoms with Crippen LogP contribution in [0.3, 0.4) is 0 Å². The SMILES string of the molecule is C=C(C)CNC/C=C(/C)C(=O)O. The summed E-state index contributed by atoms with van der Waals surface area (Å²) < 4.78 is 0. The van der Waals surface area contributed by atoms with Crippen molar-refractivity contribution >= 4 is 5.97 Å². The molecule has 0 saturated carbocycles. The molecule has 0 aliphatic rings. The first kappa shape index (κ1) is 10.9. The maximum atomic E-state index is 10.3. The third-order valence-electron chi connectivity index (χ3n) is 1.32. The van der Waals surface area contributed by atoms with Gasteiger partial charge in [-0.05, 0) is 13.8 Å². The van der Waals surface area contributed by atoms with Gasteiger partial charge in [-0.15, -0.1) is 0 Å². The molecule has 68 valence electrons. The molecule has 0 spiro atoms. The zero-order chi connectivity index (χ0) is 9.56. The van der Waals surface area contributed by atoms with Crippen LogP contribution in [0.2, 0.25) is 0 Å². The fourth-order valence-corrected chi connectivity index (χ4v) is 0.598. The van der Waals surface area contributed by atoms with Crippen molar-refractivity contribution in [2.45, 2.75) is 13.8 Å². The summed E-state index contributed by atoms with van der Waals surface area (Å²) in [6.07, 6.45) is 1.64. The molecule has 0 aromatic rings. The van der Waals surface area contributed by atoms with Crippen molar-refractivity contribution in [2.75, 3.05) is 13.1 Å². The van der Waals surface area contributed by atoms with Crippen LogP contribution in [0.5, 0.6) is 0 Å². The van der Waals surface area contributed by atoms with Crippen molar-refractivity contribution in [3.63, 3.8) is 0 Å². The van der Waals surface area contributed by atoms with Crippen LogP contribution in [0.4, 0.5) is 0 Å². The zero-order valence-corrected chi connectivity index (χ0v) is 7.55. The number of carboxylic acid groups (broad SMARTS) is 1. The van der Waals surface area contributed by atoms with E-state index in [1.165, 1.54) is 0 Å². The molecule has 0 atom stereocenters. The molecular weight excluding hydrogens is 154 g/mol. The predicted octanol–water partition coefficient (Wildman–Crippen LogP) is 1.18. The van der Waals surface area contributed by atoms with Crippen LogP contribution in [0.25, 0.3) is 0 Å². The van der Waals surface area contributed by atoms with E-state index in [1.54, 1.807) is 13.0 Å². The van der Waals surface area contributed by atoms with Gasteiger partial charge in [0.15, 0.2) is 0 Å². The molecule has 0 amide bonds. The van der Waals surface area contributed by atoms with Crippen LogP contribution in [0, 0.1) is 0 Å². The number of rotatable bonds is 5. The van der Waals surface area contributed by atoms with E-state index >= 15 is 0 Å². The fraction of sp³-hybridized carbons (Fsp3) is 0.444. The molecule has 0 saturated heterocycles. The average molecular weight is 169 g/mol. The number of hydrogen-bond donors (Lipinski definition) is 2. The Kier molecular flexibility index (Phi) is 5.04. The van der Waals surface area contributed by atoms with Gasteiger partial charge >= 0.3 is 5.97 Å². The minimum atomic E-state index is -0.868. The summed E-state index contributed by atoms with van der Waals surface area (Å²) in [6, 6.07) is 0. The lowest BCUT2D eigenvalue weighted by molar-refractivity contribution is -0.132. The zero-order valence-electron chi connectivity index (χ0n) is 7.55. The largest absolute Gasteiger partial charge is 0.478 e. The van der Waals surface area contributed by atoms with E-state index in [1.807, 2.05) is 6.92 Å². The Balaban J connectivity index is 3.60. The molecular formula is C9H15NO2. The van der Waals surface area contributed by atoms with Crippen molar-refractivity contribution in [3.05, 3.63) is 23.8 Å². The maximum absolute atomic E-state index is 10.3. The Labute approximate surface area is 72.8 Å². The van der Waals surface area contributed by atoms with Gasteiger partial charge in [0, 0.05) is 18.7 Å². The van der Waals surface area contributed by atoms with E-state index in [4.69, 9.17) is 5.11 Å². The highest BCUT2D eigenvalue weighted by Gasteiger charge is 1.96. The van der Waals surface area contributed by atoms with Crippen molar-refractivity contribution in [2.24, 2.45) is 0 Å². The first-order valence-electron chi connectivity index (χ1n) is 3.79. The van der Waals surface area contributed by atoms with E-state index in [0.717, 1.165) is 12.1 Å². The second-order valence-electron chi connectivity index (χ2n) is 2.78. The minimum absolute atomic E-state index is 0.365. The molecule has 0 aliphatic heterocycles. The van der Waals surface area contributed by atoms with E-state index in [0.29, 0.717) is 12.1 Å². The molecule has 2 N–H and O–H groups in total. The molecule has 3 nitrogen and oxygen atoms in total. The smallest absolute Gasteiger partial charge is 0.330 e. The highest BCUT2D eigenvalue weighted by atomic mass is 16.4. The molecule has 0 radical (unpaired) electrons. The van der Waals surface area contributed by atoms with Gasteiger partial charge in [-0.2, -0.15) is 0 Å². The van der Waals surface area contributed by atoms with Gasteiger partial charge in [0.2, 0.25) is 0 Å². The molecule has 12 heavy (non-hydrogen) atoms. The fourth-order valence-electron chi connectivity index (χ4n) is 0.598. The highest BCUT2D eigenvalue weighted by molar-refractivity contribution is 5.85. The minimum Gasteiger partial charge on any atom is -0.478 e. The molecule has 0 aliphatic carbocycles. The first-order chi connectivity index (χ1) is 5.54. The predicted molar refractivity (Wildman–Crippen MR) is 49.1 cm³/mol. The van der Waals surface area contributed by atoms with Gasteiger partial charge in [0.1, 0.15) is 0 Å². The standard InChI is InChI=1S/C9H15NO2/c1-7(2)6-10-5-4-8(3)9(11)12/h4,10H,1,5-6H2,2-3H3,(H,11,12)/b8-4-. The molecule has 3 heteroatoms. The lowest BCUT2D eigenvalue weighted by atomic mass is 10.3. The van der Waals surface area contributed by atoms with Crippen LogP contribution in [-0.2, 0) is 4.79 Å². The number of carbonyl (C=O) groups is 1. The summed E-state index contributed by atoms with van der Waals surface area (Å²) >= 11 is 0. The lowest BCUT2D eigenvalue weighted by Gasteiger charge is -1.99. The van der Waals surface area contributed by atoms with Gasteiger partial charge in [0.05, 0.1) is 0 Å². The van der Waals surface area contributed by atoms with Crippen LogP contribution >= 0.6 is 0 Å². The summed E-state index contributed by atoms with van der Waals surface area (Å²) in [6.45, 7) is 8.50. The second-order valence-corrected chi connectivity index (χ2v) is 2.78. The normalized spacial score (nSPS) is 11.3. The van der Waals surface area contributed by atoms with Gasteiger partial charge in [-0.25, -0.2) is 4.79 Å². The first-order valence-corrected chi connectivity index (χ1v) is 3.79. The molecule has 0 heterocycles. The van der Waals surface area contributed by atoms with Crippen LogP contribution < -0.4 is 5.32 Å². The van der Waals surface area contributed by atoms with Gasteiger partial charge in [-0.3, -0.25) is 0 Å². The summed E-state index contributed by atoms with van der Waals surface area (Å²) in [5.74, 6) is -0.868. The Morgan fingerprint density at radius 1 is 1.58 bits per heavy atom. The summed E-state index contributed by atoms with van der Waals surface area (Å²) in [4.78, 5) is 10.3. The maximum Gasteiger partial charge on any atom is 0.330 e. The second kappa shape index (κ2) is 5.55. The number of aliphatic carboxylic acids is 1. The van der Waals surface area contributed by atoms with Crippen molar-refractivity contribution in [1.29, 1.82) is 0 Å². The molecule has 0 unspecified atom stereocenters. The van der Waals surface area contributed by atoms with Crippen molar-refractivity contribution in [1.82, 2.24) is 5.32 Å². The van der Waals surface area contributed by atoms with Gasteiger partial charge in [0.25, 0.3) is 0 Å².